The van der Waals surface area contributed by atoms with Crippen molar-refractivity contribution < 1.29 is 10.9 Å². The molecule has 0 aromatic heterocycles. The van der Waals surface area contributed by atoms with Crippen LogP contribution < -0.4 is 0 Å². The lowest BCUT2D eigenvalue weighted by molar-refractivity contribution is 0.104. The normalized spacial score (nSPS) is 14.6. The number of ether oxygens (including phenoxy) is 1. The van der Waals surface area contributed by atoms with Crippen molar-refractivity contribution in [3.05, 3.63) is 11.1 Å². The van der Waals surface area contributed by atoms with Crippen molar-refractivity contribution >= 4 is 6.09 Å². The summed E-state index contributed by atoms with van der Waals surface area (Å²) in [4.78, 5) is 13.1. The largest absolute Gasteiger partial charge is 0.450 e. The highest BCUT2D eigenvalue weighted by atomic mass is 16.6. The zero-order valence-corrected chi connectivity index (χ0v) is 12.3. The molecule has 0 atom stereocenters. The molecule has 3 nitrogen and oxygen atoms in total. The number of rotatable bonds is 1. The standard InChI is InChI=1S/C11H19NO2.C2H6.CH4/c1-4-14-11(13)12-7-5-10(6-8-12)9(2)3;1-2;/h4-8H2,1-3H3;1-2H3;1H4/i;;1D. The molecule has 0 spiro atoms. The van der Waals surface area contributed by atoms with E-state index in [1.165, 1.54) is 18.5 Å². The monoisotopic (exact) mass is 244 g/mol. The van der Waals surface area contributed by atoms with E-state index in [1.54, 1.807) is 4.90 Å². The van der Waals surface area contributed by atoms with E-state index in [0.717, 1.165) is 25.9 Å². The van der Waals surface area contributed by atoms with Crippen LogP contribution in [0.5, 0.6) is 0 Å². The molecule has 17 heavy (non-hydrogen) atoms. The highest BCUT2D eigenvalue weighted by Gasteiger charge is 2.19. The number of amides is 1. The molecule has 102 valence electrons. The molecular weight excluding hydrogens is 214 g/mol. The van der Waals surface area contributed by atoms with Crippen molar-refractivity contribution in [3.63, 3.8) is 0 Å². The minimum absolute atomic E-state index is 0.166. The molecule has 1 amide bonds. The summed E-state index contributed by atoms with van der Waals surface area (Å²) in [6.45, 7) is 12.2. The maximum atomic E-state index is 11.4. The van der Waals surface area contributed by atoms with E-state index in [4.69, 9.17) is 6.11 Å². The van der Waals surface area contributed by atoms with Gasteiger partial charge in [0, 0.05) is 14.5 Å². The third-order valence-corrected chi connectivity index (χ3v) is 2.60. The lowest BCUT2D eigenvalue weighted by atomic mass is 10.00. The summed E-state index contributed by atoms with van der Waals surface area (Å²) in [7, 11) is 1.25. The summed E-state index contributed by atoms with van der Waals surface area (Å²) in [5.41, 5.74) is 2.89. The summed E-state index contributed by atoms with van der Waals surface area (Å²) >= 11 is 0. The Morgan fingerprint density at radius 1 is 1.35 bits per heavy atom. The first-order chi connectivity index (χ1) is 8.65. The Morgan fingerprint density at radius 2 is 1.82 bits per heavy atom. The molecule has 0 N–H and O–H groups in total. The van der Waals surface area contributed by atoms with Gasteiger partial charge >= 0.3 is 6.09 Å². The van der Waals surface area contributed by atoms with Gasteiger partial charge in [0.2, 0.25) is 0 Å². The van der Waals surface area contributed by atoms with Crippen molar-refractivity contribution in [2.24, 2.45) is 0 Å². The van der Waals surface area contributed by atoms with E-state index in [0.29, 0.717) is 6.61 Å². The smallest absolute Gasteiger partial charge is 0.409 e. The van der Waals surface area contributed by atoms with Gasteiger partial charge in [0.25, 0.3) is 0 Å². The van der Waals surface area contributed by atoms with Crippen LogP contribution >= 0.6 is 0 Å². The van der Waals surface area contributed by atoms with Crippen molar-refractivity contribution in [3.8, 4) is 0 Å². The SMILES string of the molecule is CC.CCOC(=O)N1CCC(=C(C)C)CC1.[2H]C. The molecule has 1 rings (SSSR count). The Balaban J connectivity index is 0. The Labute approximate surface area is 108 Å². The molecule has 1 aliphatic rings. The molecular formula is C14H29NO2. The number of carbonyl (C=O) groups is 1. The number of carbonyl (C=O) groups excluding carboxylic acids is 1. The number of hydrogen-bond acceptors (Lipinski definition) is 2. The summed E-state index contributed by atoms with van der Waals surface area (Å²) in [6, 6.07) is 0. The Hall–Kier alpha value is -0.990. The lowest BCUT2D eigenvalue weighted by Crippen LogP contribution is -2.36. The Bertz CT molecular complexity index is 238. The first-order valence-corrected chi connectivity index (χ1v) is 6.22. The molecule has 1 fully saturated rings. The van der Waals surface area contributed by atoms with Crippen molar-refractivity contribution in [2.75, 3.05) is 19.7 Å². The van der Waals surface area contributed by atoms with Gasteiger partial charge in [-0.3, -0.25) is 0 Å². The second-order valence-electron chi connectivity index (χ2n) is 3.79. The van der Waals surface area contributed by atoms with Gasteiger partial charge in [-0.2, -0.15) is 0 Å². The average molecular weight is 244 g/mol. The third-order valence-electron chi connectivity index (χ3n) is 2.60. The fraction of sp³-hybridized carbons (Fsp3) is 0.786. The van der Waals surface area contributed by atoms with Gasteiger partial charge in [-0.05, 0) is 33.6 Å². The van der Waals surface area contributed by atoms with Crippen LogP contribution in [0.15, 0.2) is 11.1 Å². The molecule has 0 aromatic carbocycles. The van der Waals surface area contributed by atoms with Crippen LogP contribution in [-0.2, 0) is 4.74 Å². The highest BCUT2D eigenvalue weighted by molar-refractivity contribution is 5.67. The zero-order chi connectivity index (χ0) is 14.6. The van der Waals surface area contributed by atoms with Crippen LogP contribution in [0.4, 0.5) is 4.79 Å². The van der Waals surface area contributed by atoms with Gasteiger partial charge in [-0.25, -0.2) is 4.79 Å². The van der Waals surface area contributed by atoms with Gasteiger partial charge in [-0.15, -0.1) is 0 Å². The molecule has 1 aliphatic heterocycles. The summed E-state index contributed by atoms with van der Waals surface area (Å²) < 4.78 is 10.7. The van der Waals surface area contributed by atoms with Crippen LogP contribution in [0.3, 0.4) is 0 Å². The van der Waals surface area contributed by atoms with Crippen molar-refractivity contribution in [1.29, 1.82) is 0 Å². The highest BCUT2D eigenvalue weighted by Crippen LogP contribution is 2.19. The van der Waals surface area contributed by atoms with Crippen LogP contribution in [0.25, 0.3) is 0 Å². The maximum Gasteiger partial charge on any atom is 0.409 e. The zero-order valence-electron chi connectivity index (χ0n) is 13.3. The second-order valence-corrected chi connectivity index (χ2v) is 3.79. The van der Waals surface area contributed by atoms with E-state index in [1.807, 2.05) is 20.8 Å². The maximum absolute atomic E-state index is 11.4. The quantitative estimate of drug-likeness (QED) is 0.646. The molecule has 0 saturated carbocycles. The number of piperidine rings is 1. The van der Waals surface area contributed by atoms with Gasteiger partial charge in [0.1, 0.15) is 0 Å². The fourth-order valence-electron chi connectivity index (χ4n) is 1.67. The Kier molecular flexibility index (Phi) is 9.59. The summed E-state index contributed by atoms with van der Waals surface area (Å²) in [5, 5.41) is 0. The van der Waals surface area contributed by atoms with E-state index in [9.17, 15) is 4.79 Å². The van der Waals surface area contributed by atoms with E-state index in [-0.39, 0.29) is 6.09 Å². The number of nitrogens with zero attached hydrogens (tertiary/aromatic N) is 1. The minimum Gasteiger partial charge on any atom is -0.450 e. The second kappa shape index (κ2) is 10.2. The van der Waals surface area contributed by atoms with E-state index >= 15 is 0 Å². The van der Waals surface area contributed by atoms with Crippen LogP contribution in [0.1, 0.15) is 56.2 Å². The predicted molar refractivity (Wildman–Crippen MR) is 74.3 cm³/mol. The first kappa shape index (κ1) is 16.0. The number of likely N-dealkylation sites (tertiary alicyclic amines) is 1. The van der Waals surface area contributed by atoms with E-state index < -0.39 is 0 Å². The van der Waals surface area contributed by atoms with Gasteiger partial charge in [0.15, 0.2) is 0 Å². The molecule has 1 saturated heterocycles. The topological polar surface area (TPSA) is 29.5 Å². The average Bonchev–Trinajstić information content (AvgIpc) is 2.43. The van der Waals surface area contributed by atoms with Crippen molar-refractivity contribution in [1.82, 2.24) is 4.90 Å². The molecule has 0 aliphatic carbocycles. The molecule has 0 radical (unpaired) electrons. The molecule has 1 heterocycles. The molecule has 0 aromatic rings. The van der Waals surface area contributed by atoms with Gasteiger partial charge in [-0.1, -0.05) is 32.4 Å². The number of hydrogen-bond donors (Lipinski definition) is 0. The third kappa shape index (κ3) is 6.35. The first-order valence-electron chi connectivity index (χ1n) is 7.22. The van der Waals surface area contributed by atoms with Crippen LogP contribution in [0.2, 0.25) is 0 Å². The summed E-state index contributed by atoms with van der Waals surface area (Å²) in [6.07, 6.45) is 1.84. The molecule has 3 heteroatoms. The number of allylic oxidation sites excluding steroid dienone is 1. The van der Waals surface area contributed by atoms with Crippen LogP contribution in [-0.4, -0.2) is 30.7 Å². The predicted octanol–water partition coefficient (Wildman–Crippen LogP) is 4.24. The Morgan fingerprint density at radius 3 is 2.18 bits per heavy atom. The molecule has 0 unspecified atom stereocenters. The van der Waals surface area contributed by atoms with E-state index in [2.05, 4.69) is 13.8 Å². The fourth-order valence-corrected chi connectivity index (χ4v) is 1.67. The van der Waals surface area contributed by atoms with Gasteiger partial charge in [0.05, 0.1) is 6.61 Å². The molecule has 0 bridgehead atoms. The van der Waals surface area contributed by atoms with Crippen molar-refractivity contribution in [2.45, 2.75) is 54.9 Å². The lowest BCUT2D eigenvalue weighted by Gasteiger charge is -2.28. The van der Waals surface area contributed by atoms with Gasteiger partial charge < -0.3 is 9.64 Å². The van der Waals surface area contributed by atoms with Crippen LogP contribution in [0, 0.1) is 0 Å². The minimum atomic E-state index is -0.166. The summed E-state index contributed by atoms with van der Waals surface area (Å²) in [5.74, 6) is 0.